The first-order valence-corrected chi connectivity index (χ1v) is 9.04. The summed E-state index contributed by atoms with van der Waals surface area (Å²) in [6.07, 6.45) is 0.911. The molecule has 0 atom stereocenters. The van der Waals surface area contributed by atoms with Crippen molar-refractivity contribution in [3.63, 3.8) is 0 Å². The van der Waals surface area contributed by atoms with Crippen molar-refractivity contribution in [2.45, 2.75) is 13.0 Å². The summed E-state index contributed by atoms with van der Waals surface area (Å²) in [5, 5.41) is 6.61. The van der Waals surface area contributed by atoms with E-state index >= 15 is 0 Å². The van der Waals surface area contributed by atoms with E-state index < -0.39 is 0 Å². The number of rotatable bonds is 13. The molecule has 0 heterocycles. The van der Waals surface area contributed by atoms with Crippen LogP contribution in [0.1, 0.15) is 12.0 Å². The minimum absolute atomic E-state index is 0. The molecule has 0 aliphatic rings. The Morgan fingerprint density at radius 1 is 1.07 bits per heavy atom. The molecule has 0 radical (unpaired) electrons. The number of methoxy groups -OCH3 is 1. The summed E-state index contributed by atoms with van der Waals surface area (Å²) < 4.78 is 16.3. The van der Waals surface area contributed by atoms with Crippen molar-refractivity contribution >= 4 is 29.9 Å². The van der Waals surface area contributed by atoms with Gasteiger partial charge in [0.15, 0.2) is 5.96 Å². The monoisotopic (exact) mass is 494 g/mol. The molecule has 0 unspecified atom stereocenters. The zero-order valence-electron chi connectivity index (χ0n) is 17.0. The molecule has 0 saturated heterocycles. The fourth-order valence-corrected chi connectivity index (χ4v) is 2.15. The quantitative estimate of drug-likeness (QED) is 0.189. The molecule has 1 aromatic rings. The molecular weight excluding hydrogens is 459 g/mol. The summed E-state index contributed by atoms with van der Waals surface area (Å²) in [5.74, 6) is 1.67. The highest BCUT2D eigenvalue weighted by molar-refractivity contribution is 14.0. The summed E-state index contributed by atoms with van der Waals surface area (Å²) in [6.45, 7) is 4.98. The van der Waals surface area contributed by atoms with Crippen molar-refractivity contribution in [2.24, 2.45) is 4.99 Å². The average Bonchev–Trinajstić information content (AvgIpc) is 2.64. The number of nitrogens with one attached hydrogen (secondary N) is 2. The Bertz CT molecular complexity index is 515. The number of halogens is 1. The lowest BCUT2D eigenvalue weighted by Gasteiger charge is -2.16. The van der Waals surface area contributed by atoms with Gasteiger partial charge in [-0.3, -0.25) is 4.99 Å². The van der Waals surface area contributed by atoms with E-state index in [0.717, 1.165) is 36.8 Å². The zero-order chi connectivity index (χ0) is 19.0. The van der Waals surface area contributed by atoms with Crippen LogP contribution in [0.5, 0.6) is 5.75 Å². The van der Waals surface area contributed by atoms with Gasteiger partial charge in [-0.2, -0.15) is 0 Å². The van der Waals surface area contributed by atoms with Gasteiger partial charge in [0, 0.05) is 46.0 Å². The van der Waals surface area contributed by atoms with Crippen LogP contribution < -0.4 is 15.4 Å². The molecule has 7 nitrogen and oxygen atoms in total. The van der Waals surface area contributed by atoms with Crippen LogP contribution in [0.2, 0.25) is 0 Å². The largest absolute Gasteiger partial charge is 0.492 e. The second-order valence-electron chi connectivity index (χ2n) is 6.07. The maximum atomic E-state index is 5.89. The Labute approximate surface area is 180 Å². The molecule has 0 amide bonds. The molecule has 156 valence electrons. The fourth-order valence-electron chi connectivity index (χ4n) is 2.15. The molecule has 0 aliphatic heterocycles. The maximum absolute atomic E-state index is 5.89. The van der Waals surface area contributed by atoms with Gasteiger partial charge in [-0.05, 0) is 26.6 Å². The topological polar surface area (TPSA) is 67.4 Å². The van der Waals surface area contributed by atoms with E-state index in [1.807, 2.05) is 32.3 Å². The molecular formula is C19H35IN4O3. The Hall–Kier alpha value is -1.10. The Morgan fingerprint density at radius 3 is 2.56 bits per heavy atom. The van der Waals surface area contributed by atoms with Gasteiger partial charge in [0.1, 0.15) is 12.4 Å². The maximum Gasteiger partial charge on any atom is 0.191 e. The molecule has 1 aromatic carbocycles. The number of para-hydroxylation sites is 1. The van der Waals surface area contributed by atoms with Gasteiger partial charge in [0.2, 0.25) is 0 Å². The summed E-state index contributed by atoms with van der Waals surface area (Å²) >= 11 is 0. The van der Waals surface area contributed by atoms with Crippen LogP contribution in [0.4, 0.5) is 0 Å². The van der Waals surface area contributed by atoms with Crippen LogP contribution in [0.3, 0.4) is 0 Å². The van der Waals surface area contributed by atoms with E-state index in [0.29, 0.717) is 33.0 Å². The highest BCUT2D eigenvalue weighted by atomic mass is 127. The van der Waals surface area contributed by atoms with Gasteiger partial charge in [-0.1, -0.05) is 18.2 Å². The van der Waals surface area contributed by atoms with E-state index in [1.54, 1.807) is 14.2 Å². The van der Waals surface area contributed by atoms with Crippen molar-refractivity contribution in [2.75, 3.05) is 67.8 Å². The first-order valence-electron chi connectivity index (χ1n) is 9.04. The lowest BCUT2D eigenvalue weighted by atomic mass is 10.2. The van der Waals surface area contributed by atoms with Crippen LogP contribution in [-0.4, -0.2) is 78.6 Å². The summed E-state index contributed by atoms with van der Waals surface area (Å²) in [7, 11) is 7.51. The van der Waals surface area contributed by atoms with E-state index in [-0.39, 0.29) is 24.0 Å². The van der Waals surface area contributed by atoms with Crippen molar-refractivity contribution in [1.82, 2.24) is 15.5 Å². The number of hydrogen-bond donors (Lipinski definition) is 2. The fraction of sp³-hybridized carbons (Fsp3) is 0.632. The average molecular weight is 494 g/mol. The summed E-state index contributed by atoms with van der Waals surface area (Å²) in [4.78, 5) is 6.35. The van der Waals surface area contributed by atoms with Gasteiger partial charge >= 0.3 is 0 Å². The first-order chi connectivity index (χ1) is 12.7. The van der Waals surface area contributed by atoms with Crippen LogP contribution >= 0.6 is 24.0 Å². The number of likely N-dealkylation sites (N-methyl/N-ethyl adjacent to an activating group) is 1. The van der Waals surface area contributed by atoms with Crippen molar-refractivity contribution < 1.29 is 14.2 Å². The second-order valence-corrected chi connectivity index (χ2v) is 6.07. The molecule has 2 N–H and O–H groups in total. The van der Waals surface area contributed by atoms with Gasteiger partial charge in [0.25, 0.3) is 0 Å². The molecule has 0 spiro atoms. The first kappa shape index (κ1) is 25.9. The third-order valence-electron chi connectivity index (χ3n) is 3.63. The molecule has 0 aromatic heterocycles. The van der Waals surface area contributed by atoms with Gasteiger partial charge in [-0.15, -0.1) is 24.0 Å². The van der Waals surface area contributed by atoms with E-state index in [2.05, 4.69) is 26.6 Å². The number of guanidine groups is 1. The van der Waals surface area contributed by atoms with Gasteiger partial charge in [0.05, 0.1) is 13.2 Å². The minimum atomic E-state index is 0. The molecule has 0 aliphatic carbocycles. The third kappa shape index (κ3) is 12.8. The Balaban J connectivity index is 0.00000676. The molecule has 27 heavy (non-hydrogen) atoms. The van der Waals surface area contributed by atoms with E-state index in [9.17, 15) is 0 Å². The highest BCUT2D eigenvalue weighted by Gasteiger charge is 2.05. The molecule has 8 heteroatoms. The lowest BCUT2D eigenvalue weighted by Crippen LogP contribution is -2.37. The van der Waals surface area contributed by atoms with Crippen molar-refractivity contribution in [3.05, 3.63) is 29.8 Å². The molecule has 0 saturated carbocycles. The predicted molar refractivity (Wildman–Crippen MR) is 121 cm³/mol. The second kappa shape index (κ2) is 17.0. The van der Waals surface area contributed by atoms with Gasteiger partial charge < -0.3 is 29.7 Å². The highest BCUT2D eigenvalue weighted by Crippen LogP contribution is 2.17. The van der Waals surface area contributed by atoms with Crippen molar-refractivity contribution in [3.8, 4) is 5.75 Å². The number of aliphatic imine (C=N–C) groups is 1. The number of benzene rings is 1. The van der Waals surface area contributed by atoms with Crippen LogP contribution in [-0.2, 0) is 16.0 Å². The number of nitrogens with zero attached hydrogens (tertiary/aromatic N) is 2. The zero-order valence-corrected chi connectivity index (χ0v) is 19.3. The molecule has 0 fully saturated rings. The van der Waals surface area contributed by atoms with Crippen LogP contribution in [0.15, 0.2) is 29.3 Å². The lowest BCUT2D eigenvalue weighted by molar-refractivity contribution is 0.0698. The van der Waals surface area contributed by atoms with E-state index in [4.69, 9.17) is 14.2 Å². The normalized spacial score (nSPS) is 11.2. The smallest absolute Gasteiger partial charge is 0.191 e. The standard InChI is InChI=1S/C19H34N4O3.HI/c1-20-19(21-10-7-12-25-15-14-24-4)22-16-17-8-5-6-9-18(17)26-13-11-23(2)3;/h5-6,8-9H,7,10-16H2,1-4H3,(H2,20,21,22);1H. The number of ether oxygens (including phenoxy) is 3. The van der Waals surface area contributed by atoms with Gasteiger partial charge in [-0.25, -0.2) is 0 Å². The Kier molecular flexibility index (Phi) is 16.3. The Morgan fingerprint density at radius 2 is 1.85 bits per heavy atom. The van der Waals surface area contributed by atoms with Crippen LogP contribution in [0.25, 0.3) is 0 Å². The van der Waals surface area contributed by atoms with Crippen molar-refractivity contribution in [1.29, 1.82) is 0 Å². The minimum Gasteiger partial charge on any atom is -0.492 e. The number of hydrogen-bond acceptors (Lipinski definition) is 5. The molecule has 0 bridgehead atoms. The third-order valence-corrected chi connectivity index (χ3v) is 3.63. The predicted octanol–water partition coefficient (Wildman–Crippen LogP) is 1.96. The summed E-state index contributed by atoms with van der Waals surface area (Å²) in [5.41, 5.74) is 1.11. The molecule has 1 rings (SSSR count). The SMILES string of the molecule is CN=C(NCCCOCCOC)NCc1ccccc1OCCN(C)C.I. The van der Waals surface area contributed by atoms with Crippen LogP contribution in [0, 0.1) is 0 Å². The van der Waals surface area contributed by atoms with E-state index in [1.165, 1.54) is 0 Å². The summed E-state index contributed by atoms with van der Waals surface area (Å²) in [6, 6.07) is 8.07.